The van der Waals surface area contributed by atoms with Crippen LogP contribution in [0.25, 0.3) is 22.2 Å². The molecule has 2 N–H and O–H groups in total. The lowest BCUT2D eigenvalue weighted by Crippen LogP contribution is -2.09. The number of fused-ring (bicyclic) bond motifs is 2. The number of nitrogens with zero attached hydrogens (tertiary/aromatic N) is 1. The maximum Gasteiger partial charge on any atom is 0.194 e. The number of aromatic nitrogens is 2. The summed E-state index contributed by atoms with van der Waals surface area (Å²) >= 11 is 0. The van der Waals surface area contributed by atoms with Gasteiger partial charge in [0.25, 0.3) is 0 Å². The number of carbonyl (C=O) groups is 1. The molecule has 0 aliphatic heterocycles. The Bertz CT molecular complexity index is 833. The highest BCUT2D eigenvalue weighted by Gasteiger charge is 2.27. The van der Waals surface area contributed by atoms with Gasteiger partial charge in [-0.1, -0.05) is 18.2 Å². The smallest absolute Gasteiger partial charge is 0.194 e. The molecular weight excluding hydrogens is 240 g/mol. The summed E-state index contributed by atoms with van der Waals surface area (Å²) in [7, 11) is 0. The lowest BCUT2D eigenvalue weighted by Gasteiger charge is -2.15. The van der Waals surface area contributed by atoms with Crippen LogP contribution in [0.2, 0.25) is 0 Å². The third kappa shape index (κ3) is 1.26. The second-order valence-corrected chi connectivity index (χ2v) is 4.67. The number of carbonyl (C=O) groups excluding carboxylic acids is 1. The van der Waals surface area contributed by atoms with Gasteiger partial charge < -0.3 is 5.11 Å². The van der Waals surface area contributed by atoms with Gasteiger partial charge in [0.1, 0.15) is 5.69 Å². The first kappa shape index (κ1) is 10.5. The van der Waals surface area contributed by atoms with E-state index >= 15 is 0 Å². The molecule has 92 valence electrons. The number of H-pyrrole nitrogens is 1. The molecule has 0 unspecified atom stereocenters. The zero-order valence-corrected chi connectivity index (χ0v) is 9.97. The van der Waals surface area contributed by atoms with Crippen LogP contribution in [0.1, 0.15) is 21.5 Å². The highest BCUT2D eigenvalue weighted by molar-refractivity contribution is 6.24. The summed E-state index contributed by atoms with van der Waals surface area (Å²) in [5, 5.41) is 17.4. The first-order chi connectivity index (χ1) is 9.29. The topological polar surface area (TPSA) is 66.0 Å². The van der Waals surface area contributed by atoms with Gasteiger partial charge in [-0.15, -0.1) is 0 Å². The van der Waals surface area contributed by atoms with E-state index in [1.807, 2.05) is 24.3 Å². The lowest BCUT2D eigenvalue weighted by molar-refractivity contribution is 0.104. The van der Waals surface area contributed by atoms with E-state index in [-0.39, 0.29) is 12.4 Å². The molecule has 4 heteroatoms. The van der Waals surface area contributed by atoms with Gasteiger partial charge in [-0.3, -0.25) is 9.89 Å². The van der Waals surface area contributed by atoms with E-state index in [4.69, 9.17) is 0 Å². The number of nitrogens with one attached hydrogen (secondary N) is 1. The van der Waals surface area contributed by atoms with E-state index in [1.165, 1.54) is 0 Å². The molecule has 1 heterocycles. The molecular formula is C15H10N2O2. The molecule has 0 amide bonds. The normalized spacial score (nSPS) is 12.8. The molecule has 1 aliphatic rings. The number of benzene rings is 2. The first-order valence-electron chi connectivity index (χ1n) is 6.05. The van der Waals surface area contributed by atoms with Crippen molar-refractivity contribution in [3.05, 3.63) is 53.1 Å². The van der Waals surface area contributed by atoms with Crippen LogP contribution >= 0.6 is 0 Å². The van der Waals surface area contributed by atoms with E-state index in [9.17, 15) is 9.90 Å². The standard InChI is InChI=1S/C15H10N2O2/c18-7-8-4-5-9-11(6-8)14-13-10(15(9)19)2-1-3-12(13)16-17-14/h1-6,18H,7H2,(H,16,17). The number of rotatable bonds is 1. The fourth-order valence-corrected chi connectivity index (χ4v) is 2.69. The van der Waals surface area contributed by atoms with Crippen LogP contribution in [-0.4, -0.2) is 21.1 Å². The van der Waals surface area contributed by atoms with Crippen molar-refractivity contribution < 1.29 is 9.90 Å². The van der Waals surface area contributed by atoms with Crippen LogP contribution in [0, 0.1) is 0 Å². The minimum atomic E-state index is -0.0450. The maximum absolute atomic E-state index is 12.5. The van der Waals surface area contributed by atoms with Crippen molar-refractivity contribution in [2.24, 2.45) is 0 Å². The van der Waals surface area contributed by atoms with Crippen LogP contribution < -0.4 is 0 Å². The number of hydrogen-bond acceptors (Lipinski definition) is 3. The summed E-state index contributed by atoms with van der Waals surface area (Å²) in [4.78, 5) is 12.5. The van der Waals surface area contributed by atoms with Crippen molar-refractivity contribution >= 4 is 16.7 Å². The number of aliphatic hydroxyl groups excluding tert-OH is 1. The van der Waals surface area contributed by atoms with Crippen LogP contribution in [-0.2, 0) is 6.61 Å². The molecule has 0 atom stereocenters. The Morgan fingerprint density at radius 3 is 2.84 bits per heavy atom. The summed E-state index contributed by atoms with van der Waals surface area (Å²) in [5.74, 6) is 0.0130. The summed E-state index contributed by atoms with van der Waals surface area (Å²) in [6.45, 7) is -0.0450. The van der Waals surface area contributed by atoms with E-state index < -0.39 is 0 Å². The Kier molecular flexibility index (Phi) is 1.94. The summed E-state index contributed by atoms with van der Waals surface area (Å²) in [6, 6.07) is 11.0. The van der Waals surface area contributed by atoms with E-state index in [0.717, 1.165) is 27.7 Å². The number of aromatic amines is 1. The fraction of sp³-hybridized carbons (Fsp3) is 0.0667. The summed E-state index contributed by atoms with van der Waals surface area (Å²) in [6.07, 6.45) is 0. The van der Waals surface area contributed by atoms with Crippen molar-refractivity contribution in [1.29, 1.82) is 0 Å². The molecule has 0 radical (unpaired) electrons. The van der Waals surface area contributed by atoms with Gasteiger partial charge >= 0.3 is 0 Å². The molecule has 3 aromatic rings. The second kappa shape index (κ2) is 3.52. The Hall–Kier alpha value is -2.46. The van der Waals surface area contributed by atoms with Crippen LogP contribution in [0.3, 0.4) is 0 Å². The van der Waals surface area contributed by atoms with Gasteiger partial charge in [0.2, 0.25) is 0 Å². The molecule has 0 bridgehead atoms. The average Bonchev–Trinajstić information content (AvgIpc) is 2.89. The SMILES string of the molecule is O=C1c2ccc(CO)cc2-c2n[nH]c3cccc1c23. The fourth-order valence-electron chi connectivity index (χ4n) is 2.69. The van der Waals surface area contributed by atoms with Crippen molar-refractivity contribution in [2.75, 3.05) is 0 Å². The van der Waals surface area contributed by atoms with Crippen molar-refractivity contribution in [2.45, 2.75) is 6.61 Å². The molecule has 19 heavy (non-hydrogen) atoms. The zero-order chi connectivity index (χ0) is 13.0. The Morgan fingerprint density at radius 1 is 1.11 bits per heavy atom. The first-order valence-corrected chi connectivity index (χ1v) is 6.05. The Labute approximate surface area is 108 Å². The predicted molar refractivity (Wildman–Crippen MR) is 70.9 cm³/mol. The lowest BCUT2D eigenvalue weighted by atomic mass is 9.86. The minimum absolute atomic E-state index is 0.0130. The molecule has 1 aromatic heterocycles. The van der Waals surface area contributed by atoms with Crippen LogP contribution in [0.5, 0.6) is 0 Å². The van der Waals surface area contributed by atoms with Gasteiger partial charge in [-0.25, -0.2) is 0 Å². The molecule has 0 fully saturated rings. The third-order valence-electron chi connectivity index (χ3n) is 3.60. The Balaban J connectivity index is 2.16. The molecule has 1 aliphatic carbocycles. The maximum atomic E-state index is 12.5. The van der Waals surface area contributed by atoms with E-state index in [2.05, 4.69) is 10.2 Å². The number of aliphatic hydroxyl groups is 1. The highest BCUT2D eigenvalue weighted by Crippen LogP contribution is 2.38. The average molecular weight is 250 g/mol. The van der Waals surface area contributed by atoms with Crippen LogP contribution in [0.15, 0.2) is 36.4 Å². The van der Waals surface area contributed by atoms with Gasteiger partial charge in [-0.2, -0.15) is 5.10 Å². The third-order valence-corrected chi connectivity index (χ3v) is 3.60. The van der Waals surface area contributed by atoms with Crippen molar-refractivity contribution in [1.82, 2.24) is 10.2 Å². The predicted octanol–water partition coefficient (Wildman–Crippen LogP) is 2.27. The largest absolute Gasteiger partial charge is 0.392 e. The van der Waals surface area contributed by atoms with Crippen molar-refractivity contribution in [3.8, 4) is 11.3 Å². The summed E-state index contributed by atoms with van der Waals surface area (Å²) < 4.78 is 0. The minimum Gasteiger partial charge on any atom is -0.392 e. The van der Waals surface area contributed by atoms with Gasteiger partial charge in [0.15, 0.2) is 5.78 Å². The number of ketones is 1. The van der Waals surface area contributed by atoms with E-state index in [0.29, 0.717) is 11.1 Å². The van der Waals surface area contributed by atoms with Gasteiger partial charge in [-0.05, 0) is 23.8 Å². The molecule has 4 rings (SSSR count). The monoisotopic (exact) mass is 250 g/mol. The molecule has 0 spiro atoms. The zero-order valence-electron chi connectivity index (χ0n) is 9.97. The highest BCUT2D eigenvalue weighted by atomic mass is 16.3. The van der Waals surface area contributed by atoms with E-state index in [1.54, 1.807) is 12.1 Å². The molecule has 2 aromatic carbocycles. The van der Waals surface area contributed by atoms with Gasteiger partial charge in [0, 0.05) is 22.1 Å². The molecule has 0 saturated carbocycles. The Morgan fingerprint density at radius 2 is 2.00 bits per heavy atom. The second-order valence-electron chi connectivity index (χ2n) is 4.67. The quantitative estimate of drug-likeness (QED) is 0.544. The number of hydrogen-bond donors (Lipinski definition) is 2. The van der Waals surface area contributed by atoms with Gasteiger partial charge in [0.05, 0.1) is 12.1 Å². The molecule has 0 saturated heterocycles. The molecule has 4 nitrogen and oxygen atoms in total. The van der Waals surface area contributed by atoms with Crippen LogP contribution in [0.4, 0.5) is 0 Å². The van der Waals surface area contributed by atoms with Crippen molar-refractivity contribution in [3.63, 3.8) is 0 Å². The summed E-state index contributed by atoms with van der Waals surface area (Å²) in [5.41, 5.74) is 4.55.